The van der Waals surface area contributed by atoms with Crippen LogP contribution in [0.2, 0.25) is 0 Å². The number of piperidine rings is 1. The van der Waals surface area contributed by atoms with Gasteiger partial charge in [-0.1, -0.05) is 6.92 Å². The molecule has 0 unspecified atom stereocenters. The number of carbonyl (C=O) groups is 1. The van der Waals surface area contributed by atoms with Gasteiger partial charge in [-0.15, -0.1) is 0 Å². The number of anilines is 1. The molecular weight excluding hydrogens is 332 g/mol. The van der Waals surface area contributed by atoms with Crippen molar-refractivity contribution < 1.29 is 18.7 Å². The number of rotatable bonds is 7. The Hall–Kier alpha value is -2.47. The van der Waals surface area contributed by atoms with Crippen LogP contribution in [0.1, 0.15) is 31.9 Å². The average Bonchev–Trinajstić information content (AvgIpc) is 3.19. The monoisotopic (exact) mass is 358 g/mol. The van der Waals surface area contributed by atoms with E-state index in [-0.39, 0.29) is 12.1 Å². The van der Waals surface area contributed by atoms with E-state index in [0.717, 1.165) is 49.6 Å². The Bertz CT molecular complexity index is 670. The quantitative estimate of drug-likeness (QED) is 0.802. The second-order valence-electron chi connectivity index (χ2n) is 6.40. The zero-order chi connectivity index (χ0) is 18.2. The van der Waals surface area contributed by atoms with Gasteiger partial charge >= 0.3 is 6.03 Å². The van der Waals surface area contributed by atoms with E-state index in [0.29, 0.717) is 13.2 Å². The lowest BCUT2D eigenvalue weighted by molar-refractivity contribution is 0.0115. The fourth-order valence-electron chi connectivity index (χ4n) is 2.93. The van der Waals surface area contributed by atoms with Crippen LogP contribution in [-0.2, 0) is 11.3 Å². The van der Waals surface area contributed by atoms with Crippen LogP contribution in [0.25, 0.3) is 0 Å². The van der Waals surface area contributed by atoms with Crippen LogP contribution in [0, 0.1) is 0 Å². The van der Waals surface area contributed by atoms with Gasteiger partial charge in [0.2, 0.25) is 0 Å². The van der Waals surface area contributed by atoms with Crippen molar-refractivity contribution in [2.45, 2.75) is 38.9 Å². The number of carbonyl (C=O) groups excluding carboxylic acids is 1. The molecule has 1 aromatic heterocycles. The van der Waals surface area contributed by atoms with Crippen LogP contribution in [0.3, 0.4) is 0 Å². The number of nitrogens with zero attached hydrogens (tertiary/aromatic N) is 1. The maximum Gasteiger partial charge on any atom is 0.321 e. The van der Waals surface area contributed by atoms with Gasteiger partial charge in [-0.05, 0) is 55.7 Å². The summed E-state index contributed by atoms with van der Waals surface area (Å²) in [5, 5.41) is 2.94. The van der Waals surface area contributed by atoms with Crippen LogP contribution < -0.4 is 10.1 Å². The van der Waals surface area contributed by atoms with Gasteiger partial charge in [0, 0.05) is 25.4 Å². The van der Waals surface area contributed by atoms with Gasteiger partial charge in [0.05, 0.1) is 12.4 Å². The first kappa shape index (κ1) is 18.3. The maximum atomic E-state index is 12.5. The summed E-state index contributed by atoms with van der Waals surface area (Å²) in [6.45, 7) is 4.64. The number of likely N-dealkylation sites (tertiary alicyclic amines) is 1. The van der Waals surface area contributed by atoms with Crippen LogP contribution in [0.15, 0.2) is 47.1 Å². The summed E-state index contributed by atoms with van der Waals surface area (Å²) < 4.78 is 16.7. The van der Waals surface area contributed by atoms with Crippen molar-refractivity contribution in [3.05, 3.63) is 48.4 Å². The average molecular weight is 358 g/mol. The van der Waals surface area contributed by atoms with Crippen molar-refractivity contribution in [3.8, 4) is 5.75 Å². The van der Waals surface area contributed by atoms with Crippen molar-refractivity contribution in [1.82, 2.24) is 4.90 Å². The van der Waals surface area contributed by atoms with Gasteiger partial charge in [0.15, 0.2) is 0 Å². The molecular formula is C20H26N2O4. The van der Waals surface area contributed by atoms with Crippen molar-refractivity contribution >= 4 is 11.7 Å². The SMILES string of the molecule is CCCO[C@H]1CCCN(C(=O)Nc2ccc(OCc3ccco3)cc2)C1. The first-order valence-corrected chi connectivity index (χ1v) is 9.17. The number of urea groups is 1. The molecule has 0 saturated carbocycles. The van der Waals surface area contributed by atoms with E-state index in [4.69, 9.17) is 13.9 Å². The lowest BCUT2D eigenvalue weighted by atomic mass is 10.1. The summed E-state index contributed by atoms with van der Waals surface area (Å²) in [5.41, 5.74) is 0.747. The molecule has 1 N–H and O–H groups in total. The van der Waals surface area contributed by atoms with E-state index in [9.17, 15) is 4.79 Å². The highest BCUT2D eigenvalue weighted by Crippen LogP contribution is 2.19. The number of furan rings is 1. The number of ether oxygens (including phenoxy) is 2. The molecule has 1 aliphatic heterocycles. The lowest BCUT2D eigenvalue weighted by Crippen LogP contribution is -2.45. The molecule has 3 rings (SSSR count). The molecule has 0 aliphatic carbocycles. The lowest BCUT2D eigenvalue weighted by Gasteiger charge is -2.32. The highest BCUT2D eigenvalue weighted by molar-refractivity contribution is 5.89. The van der Waals surface area contributed by atoms with Gasteiger partial charge < -0.3 is 24.1 Å². The predicted molar refractivity (Wildman–Crippen MR) is 99.3 cm³/mol. The maximum absolute atomic E-state index is 12.5. The minimum Gasteiger partial charge on any atom is -0.486 e. The first-order chi connectivity index (χ1) is 12.7. The number of nitrogens with one attached hydrogen (secondary N) is 1. The highest BCUT2D eigenvalue weighted by atomic mass is 16.5. The molecule has 1 fully saturated rings. The van der Waals surface area contributed by atoms with Crippen LogP contribution >= 0.6 is 0 Å². The number of hydrogen-bond acceptors (Lipinski definition) is 4. The Morgan fingerprint density at radius 3 is 2.88 bits per heavy atom. The molecule has 1 aromatic carbocycles. The molecule has 26 heavy (non-hydrogen) atoms. The van der Waals surface area contributed by atoms with Crippen molar-refractivity contribution in [2.24, 2.45) is 0 Å². The third-order valence-corrected chi connectivity index (χ3v) is 4.29. The summed E-state index contributed by atoms with van der Waals surface area (Å²) in [6.07, 6.45) is 4.76. The zero-order valence-electron chi connectivity index (χ0n) is 15.1. The van der Waals surface area contributed by atoms with Crippen molar-refractivity contribution in [1.29, 1.82) is 0 Å². The molecule has 0 bridgehead atoms. The van der Waals surface area contributed by atoms with Crippen molar-refractivity contribution in [3.63, 3.8) is 0 Å². The summed E-state index contributed by atoms with van der Waals surface area (Å²) in [7, 11) is 0. The minimum atomic E-state index is -0.0842. The number of benzene rings is 1. The number of amides is 2. The summed E-state index contributed by atoms with van der Waals surface area (Å²) >= 11 is 0. The molecule has 1 aliphatic rings. The largest absolute Gasteiger partial charge is 0.486 e. The molecule has 6 nitrogen and oxygen atoms in total. The Kier molecular flexibility index (Phi) is 6.55. The fraction of sp³-hybridized carbons (Fsp3) is 0.450. The van der Waals surface area contributed by atoms with Crippen LogP contribution in [-0.4, -0.2) is 36.7 Å². The normalized spacial score (nSPS) is 17.1. The second kappa shape index (κ2) is 9.29. The van der Waals surface area contributed by atoms with E-state index < -0.39 is 0 Å². The molecule has 1 atom stereocenters. The smallest absolute Gasteiger partial charge is 0.321 e. The Labute approximate surface area is 154 Å². The van der Waals surface area contributed by atoms with Gasteiger partial charge in [-0.2, -0.15) is 0 Å². The fourth-order valence-corrected chi connectivity index (χ4v) is 2.93. The highest BCUT2D eigenvalue weighted by Gasteiger charge is 2.24. The molecule has 2 heterocycles. The van der Waals surface area contributed by atoms with Crippen LogP contribution in [0.5, 0.6) is 5.75 Å². The summed E-state index contributed by atoms with van der Waals surface area (Å²) in [6, 6.07) is 11.0. The third kappa shape index (κ3) is 5.26. The molecule has 0 radical (unpaired) electrons. The Morgan fingerprint density at radius 2 is 2.15 bits per heavy atom. The van der Waals surface area contributed by atoms with Gasteiger partial charge in [0.25, 0.3) is 0 Å². The minimum absolute atomic E-state index is 0.0842. The topological polar surface area (TPSA) is 63.9 Å². The molecule has 1 saturated heterocycles. The molecule has 140 valence electrons. The van der Waals surface area contributed by atoms with Gasteiger partial charge in [0.1, 0.15) is 18.1 Å². The molecule has 2 amide bonds. The van der Waals surface area contributed by atoms with E-state index in [1.54, 1.807) is 6.26 Å². The van der Waals surface area contributed by atoms with E-state index in [1.807, 2.05) is 41.3 Å². The third-order valence-electron chi connectivity index (χ3n) is 4.29. The van der Waals surface area contributed by atoms with Gasteiger partial charge in [-0.3, -0.25) is 0 Å². The van der Waals surface area contributed by atoms with E-state index in [1.165, 1.54) is 0 Å². The second-order valence-corrected chi connectivity index (χ2v) is 6.40. The molecule has 6 heteroatoms. The molecule has 2 aromatic rings. The summed E-state index contributed by atoms with van der Waals surface area (Å²) in [5.74, 6) is 1.50. The standard InChI is InChI=1S/C20H26N2O4/c1-2-12-24-18-5-3-11-22(14-18)20(23)21-16-7-9-17(10-8-16)26-15-19-6-4-13-25-19/h4,6-10,13,18H,2-3,5,11-12,14-15H2,1H3,(H,21,23)/t18-/m0/s1. The Morgan fingerprint density at radius 1 is 1.31 bits per heavy atom. The van der Waals surface area contributed by atoms with Crippen molar-refractivity contribution in [2.75, 3.05) is 25.0 Å². The van der Waals surface area contributed by atoms with Gasteiger partial charge in [-0.25, -0.2) is 4.79 Å². The zero-order valence-corrected chi connectivity index (χ0v) is 15.1. The van der Waals surface area contributed by atoms with E-state index >= 15 is 0 Å². The number of hydrogen-bond donors (Lipinski definition) is 1. The first-order valence-electron chi connectivity index (χ1n) is 9.17. The predicted octanol–water partition coefficient (Wildman–Crippen LogP) is 4.28. The Balaban J connectivity index is 1.47. The molecule has 0 spiro atoms. The van der Waals surface area contributed by atoms with Crippen LogP contribution in [0.4, 0.5) is 10.5 Å². The van der Waals surface area contributed by atoms with E-state index in [2.05, 4.69) is 12.2 Å². The summed E-state index contributed by atoms with van der Waals surface area (Å²) in [4.78, 5) is 14.3.